The molecule has 0 saturated carbocycles. The molecule has 3 N–H and O–H groups in total. The number of hydrogen-bond acceptors (Lipinski definition) is 6. The topological polar surface area (TPSA) is 75.8 Å². The molecule has 6 nitrogen and oxygen atoms in total. The van der Waals surface area contributed by atoms with Crippen LogP contribution in [0.25, 0.3) is 5.70 Å². The maximum Gasteiger partial charge on any atom is 0.119 e. The predicted octanol–water partition coefficient (Wildman–Crippen LogP) is 2.43. The molecule has 27 heavy (non-hydrogen) atoms. The fourth-order valence-corrected chi connectivity index (χ4v) is 3.03. The highest BCUT2D eigenvalue weighted by Gasteiger charge is 2.18. The van der Waals surface area contributed by atoms with Crippen molar-refractivity contribution in [2.24, 2.45) is 10.7 Å². The summed E-state index contributed by atoms with van der Waals surface area (Å²) in [6.07, 6.45) is 7.61. The number of ether oxygens (including phenoxy) is 1. The van der Waals surface area contributed by atoms with Crippen molar-refractivity contribution in [3.63, 3.8) is 0 Å². The lowest BCUT2D eigenvalue weighted by Gasteiger charge is -2.29. The van der Waals surface area contributed by atoms with E-state index in [1.165, 1.54) is 5.56 Å². The Kier molecular flexibility index (Phi) is 6.96. The molecule has 0 atom stereocenters. The van der Waals surface area contributed by atoms with E-state index in [4.69, 9.17) is 10.5 Å². The molecule has 3 rings (SSSR count). The van der Waals surface area contributed by atoms with Gasteiger partial charge in [0.2, 0.25) is 0 Å². The van der Waals surface area contributed by atoms with Gasteiger partial charge in [0.1, 0.15) is 5.84 Å². The van der Waals surface area contributed by atoms with Crippen molar-refractivity contribution in [3.05, 3.63) is 66.1 Å². The van der Waals surface area contributed by atoms with Crippen LogP contribution in [0.3, 0.4) is 0 Å². The van der Waals surface area contributed by atoms with Crippen LogP contribution >= 0.6 is 0 Å². The van der Waals surface area contributed by atoms with Crippen LogP contribution in [-0.2, 0) is 11.2 Å². The number of aromatic nitrogens is 1. The van der Waals surface area contributed by atoms with Gasteiger partial charge in [-0.05, 0) is 42.6 Å². The number of rotatable bonds is 9. The molecule has 1 aromatic heterocycles. The van der Waals surface area contributed by atoms with E-state index in [0.717, 1.165) is 49.5 Å². The molecule has 0 bridgehead atoms. The van der Waals surface area contributed by atoms with Crippen LogP contribution in [0.15, 0.2) is 60.0 Å². The Labute approximate surface area is 160 Å². The maximum absolute atomic E-state index is 5.95. The van der Waals surface area contributed by atoms with Crippen LogP contribution in [0.2, 0.25) is 0 Å². The van der Waals surface area contributed by atoms with E-state index in [-0.39, 0.29) is 0 Å². The Balaban J connectivity index is 1.64. The third-order valence-electron chi connectivity index (χ3n) is 4.47. The summed E-state index contributed by atoms with van der Waals surface area (Å²) in [5.41, 5.74) is 10.4. The molecule has 0 fully saturated rings. The molecular formula is C21H27N5O. The highest BCUT2D eigenvalue weighted by atomic mass is 16.5. The molecule has 6 heteroatoms. The Hall–Kier alpha value is -2.70. The van der Waals surface area contributed by atoms with E-state index in [9.17, 15) is 0 Å². The molecule has 0 radical (unpaired) electrons. The van der Waals surface area contributed by atoms with Crippen molar-refractivity contribution < 1.29 is 4.74 Å². The van der Waals surface area contributed by atoms with Crippen molar-refractivity contribution >= 4 is 17.2 Å². The van der Waals surface area contributed by atoms with E-state index < -0.39 is 0 Å². The number of hydrogen-bond donors (Lipinski definition) is 2. The first-order valence-corrected chi connectivity index (χ1v) is 9.27. The van der Waals surface area contributed by atoms with Gasteiger partial charge < -0.3 is 20.7 Å². The minimum atomic E-state index is 0.562. The van der Waals surface area contributed by atoms with Gasteiger partial charge in [-0.3, -0.25) is 4.98 Å². The van der Waals surface area contributed by atoms with E-state index in [2.05, 4.69) is 44.5 Å². The second-order valence-corrected chi connectivity index (χ2v) is 6.48. The summed E-state index contributed by atoms with van der Waals surface area (Å²) in [5, 5.41) is 3.37. The summed E-state index contributed by atoms with van der Waals surface area (Å²) in [7, 11) is 1.72. The summed E-state index contributed by atoms with van der Waals surface area (Å²) in [4.78, 5) is 10.7. The molecule has 0 amide bonds. The average Bonchev–Trinajstić information content (AvgIpc) is 2.72. The molecule has 2 aromatic rings. The zero-order valence-corrected chi connectivity index (χ0v) is 15.8. The minimum Gasteiger partial charge on any atom is -0.386 e. The van der Waals surface area contributed by atoms with E-state index in [1.807, 2.05) is 24.5 Å². The molecule has 2 heterocycles. The second kappa shape index (κ2) is 9.85. The Morgan fingerprint density at radius 2 is 2.04 bits per heavy atom. The molecule has 0 spiro atoms. The molecule has 1 aliphatic rings. The van der Waals surface area contributed by atoms with Crippen LogP contribution in [-0.4, -0.2) is 44.2 Å². The molecule has 0 aliphatic carbocycles. The van der Waals surface area contributed by atoms with Crippen molar-refractivity contribution in [1.29, 1.82) is 0 Å². The number of methoxy groups -OCH3 is 1. The van der Waals surface area contributed by atoms with Crippen LogP contribution in [0.4, 0.5) is 5.69 Å². The first-order chi connectivity index (χ1) is 13.3. The highest BCUT2D eigenvalue weighted by Crippen LogP contribution is 2.27. The number of nitrogens with zero attached hydrogens (tertiary/aromatic N) is 3. The lowest BCUT2D eigenvalue weighted by molar-refractivity contribution is 0.199. The number of anilines is 1. The van der Waals surface area contributed by atoms with Crippen molar-refractivity contribution in [2.75, 3.05) is 38.3 Å². The molecule has 0 saturated heterocycles. The number of aryl methyl sites for hydroxylation is 1. The maximum atomic E-state index is 5.95. The molecule has 142 valence electrons. The Bertz CT molecular complexity index is 771. The van der Waals surface area contributed by atoms with Gasteiger partial charge in [-0.1, -0.05) is 24.3 Å². The molecule has 0 unspecified atom stereocenters. The first kappa shape index (κ1) is 19.1. The fourth-order valence-electron chi connectivity index (χ4n) is 3.03. The molecule has 1 aromatic carbocycles. The lowest BCUT2D eigenvalue weighted by Crippen LogP contribution is -2.35. The van der Waals surface area contributed by atoms with Crippen LogP contribution in [0.5, 0.6) is 0 Å². The number of pyridine rings is 1. The smallest absolute Gasteiger partial charge is 0.119 e. The Morgan fingerprint density at radius 3 is 2.78 bits per heavy atom. The van der Waals surface area contributed by atoms with E-state index in [0.29, 0.717) is 12.4 Å². The number of nitrogens with one attached hydrogen (secondary N) is 1. The monoisotopic (exact) mass is 365 g/mol. The summed E-state index contributed by atoms with van der Waals surface area (Å²) in [6.45, 7) is 3.22. The average molecular weight is 365 g/mol. The van der Waals surface area contributed by atoms with Crippen molar-refractivity contribution in [2.45, 2.75) is 12.8 Å². The van der Waals surface area contributed by atoms with E-state index in [1.54, 1.807) is 13.3 Å². The number of amidine groups is 1. The summed E-state index contributed by atoms with van der Waals surface area (Å²) in [6, 6.07) is 12.6. The van der Waals surface area contributed by atoms with Gasteiger partial charge in [0, 0.05) is 19.9 Å². The Morgan fingerprint density at radius 1 is 1.19 bits per heavy atom. The van der Waals surface area contributed by atoms with Crippen LogP contribution in [0.1, 0.15) is 17.5 Å². The highest BCUT2D eigenvalue weighted by molar-refractivity contribution is 5.94. The van der Waals surface area contributed by atoms with Crippen LogP contribution in [0, 0.1) is 0 Å². The first-order valence-electron chi connectivity index (χ1n) is 9.27. The molecular weight excluding hydrogens is 338 g/mol. The zero-order valence-electron chi connectivity index (χ0n) is 15.8. The van der Waals surface area contributed by atoms with Gasteiger partial charge in [0.05, 0.1) is 36.9 Å². The largest absolute Gasteiger partial charge is 0.386 e. The number of benzene rings is 1. The molecule has 1 aliphatic heterocycles. The lowest BCUT2D eigenvalue weighted by atomic mass is 10.0. The third kappa shape index (κ3) is 5.39. The van der Waals surface area contributed by atoms with Gasteiger partial charge >= 0.3 is 0 Å². The summed E-state index contributed by atoms with van der Waals surface area (Å²) in [5.74, 6) is 0.597. The quantitative estimate of drug-likeness (QED) is 0.668. The van der Waals surface area contributed by atoms with Gasteiger partial charge in [-0.15, -0.1) is 0 Å². The predicted molar refractivity (Wildman–Crippen MR) is 111 cm³/mol. The van der Waals surface area contributed by atoms with E-state index >= 15 is 0 Å². The normalized spacial score (nSPS) is 14.0. The number of aliphatic imine (C=N–C) groups is 1. The second-order valence-electron chi connectivity index (χ2n) is 6.48. The zero-order chi connectivity index (χ0) is 18.9. The van der Waals surface area contributed by atoms with Crippen molar-refractivity contribution in [1.82, 2.24) is 10.3 Å². The van der Waals surface area contributed by atoms with Crippen molar-refractivity contribution in [3.8, 4) is 0 Å². The van der Waals surface area contributed by atoms with Gasteiger partial charge in [-0.25, -0.2) is 4.99 Å². The minimum absolute atomic E-state index is 0.562. The van der Waals surface area contributed by atoms with Crippen LogP contribution < -0.4 is 16.0 Å². The fraction of sp³-hybridized carbons (Fsp3) is 0.333. The standard InChI is InChI=1S/C21H27N5O/c1-27-13-12-23-10-2-4-17-6-8-18(9-7-17)20-15-25-21(22)16-26(20)19-5-3-11-24-14-19/h3,5-9,11,14-15,23H,2,4,10,12-13,16H2,1H3,(H2,22,25). The van der Waals surface area contributed by atoms with Gasteiger partial charge in [-0.2, -0.15) is 0 Å². The van der Waals surface area contributed by atoms with Gasteiger partial charge in [0.15, 0.2) is 0 Å². The third-order valence-corrected chi connectivity index (χ3v) is 4.47. The SMILES string of the molecule is COCCNCCCc1ccc(C2=CN=C(N)CN2c2cccnc2)cc1. The number of nitrogens with two attached hydrogens (primary N) is 1. The summed E-state index contributed by atoms with van der Waals surface area (Å²) < 4.78 is 5.03. The summed E-state index contributed by atoms with van der Waals surface area (Å²) >= 11 is 0. The van der Waals surface area contributed by atoms with Gasteiger partial charge in [0.25, 0.3) is 0 Å².